The number of aryl methyl sites for hydroxylation is 1. The Hall–Kier alpha value is -4.13. The van der Waals surface area contributed by atoms with Crippen molar-refractivity contribution in [3.05, 3.63) is 90.1 Å². The third kappa shape index (κ3) is 4.05. The second kappa shape index (κ2) is 8.55. The number of hydrogen-bond acceptors (Lipinski definition) is 4. The van der Waals surface area contributed by atoms with Crippen molar-refractivity contribution in [1.29, 1.82) is 0 Å². The lowest BCUT2D eigenvalue weighted by molar-refractivity contribution is 0.0993. The highest BCUT2D eigenvalue weighted by Crippen LogP contribution is 2.26. The molecule has 0 radical (unpaired) electrons. The zero-order chi connectivity index (χ0) is 21.9. The van der Waals surface area contributed by atoms with Gasteiger partial charge in [0.25, 0.3) is 11.8 Å². The minimum atomic E-state index is -0.371. The van der Waals surface area contributed by atoms with Crippen LogP contribution in [0.2, 0.25) is 0 Å². The van der Waals surface area contributed by atoms with Crippen LogP contribution in [0.3, 0.4) is 0 Å². The van der Waals surface area contributed by atoms with E-state index in [9.17, 15) is 9.59 Å². The molecule has 0 bridgehead atoms. The van der Waals surface area contributed by atoms with E-state index < -0.39 is 0 Å². The molecule has 5 rings (SSSR count). The average Bonchev–Trinajstić information content (AvgIpc) is 3.50. The molecule has 7 nitrogen and oxygen atoms in total. The van der Waals surface area contributed by atoms with Gasteiger partial charge in [-0.15, -0.1) is 0 Å². The number of imidazole rings is 1. The van der Waals surface area contributed by atoms with Crippen molar-refractivity contribution in [2.75, 3.05) is 10.6 Å². The molecule has 0 aliphatic carbocycles. The Morgan fingerprint density at radius 2 is 1.75 bits per heavy atom. The van der Waals surface area contributed by atoms with Crippen LogP contribution in [0.15, 0.2) is 77.5 Å². The fourth-order valence-corrected chi connectivity index (χ4v) is 3.91. The van der Waals surface area contributed by atoms with Crippen LogP contribution in [0.4, 0.5) is 11.4 Å². The maximum absolute atomic E-state index is 12.7. The van der Waals surface area contributed by atoms with Crippen LogP contribution in [-0.2, 0) is 13.0 Å². The van der Waals surface area contributed by atoms with E-state index in [1.54, 1.807) is 36.4 Å². The van der Waals surface area contributed by atoms with Crippen LogP contribution in [-0.4, -0.2) is 21.4 Å². The highest BCUT2D eigenvalue weighted by molar-refractivity contribution is 6.06. The summed E-state index contributed by atoms with van der Waals surface area (Å²) in [5.74, 6) is 0.547. The molecule has 32 heavy (non-hydrogen) atoms. The molecule has 7 heteroatoms. The Morgan fingerprint density at radius 3 is 2.56 bits per heavy atom. The molecule has 160 valence electrons. The van der Waals surface area contributed by atoms with Crippen molar-refractivity contribution < 1.29 is 14.0 Å². The predicted octanol–water partition coefficient (Wildman–Crippen LogP) is 4.98. The van der Waals surface area contributed by atoms with E-state index in [1.165, 1.54) is 24.8 Å². The number of nitrogens with zero attached hydrogens (tertiary/aromatic N) is 2. The maximum atomic E-state index is 12.7. The number of aromatic nitrogens is 2. The summed E-state index contributed by atoms with van der Waals surface area (Å²) in [6.07, 6.45) is 6.85. The zero-order valence-electron chi connectivity index (χ0n) is 17.4. The van der Waals surface area contributed by atoms with Gasteiger partial charge < -0.3 is 19.6 Å². The number of fused-ring (bicyclic) bond motifs is 1. The summed E-state index contributed by atoms with van der Waals surface area (Å²) in [6.45, 7) is 0.996. The number of carbonyl (C=O) groups is 2. The molecule has 2 aromatic heterocycles. The molecule has 0 saturated carbocycles. The first-order valence-corrected chi connectivity index (χ1v) is 10.6. The molecule has 3 heterocycles. The highest BCUT2D eigenvalue weighted by Gasteiger charge is 2.15. The second-order valence-corrected chi connectivity index (χ2v) is 7.73. The molecular formula is C25H22N4O3. The lowest BCUT2D eigenvalue weighted by atomic mass is 10.1. The first kappa shape index (κ1) is 19.8. The number of amides is 2. The topological polar surface area (TPSA) is 89.2 Å². The molecule has 4 aromatic rings. The third-order valence-corrected chi connectivity index (χ3v) is 5.53. The largest absolute Gasteiger partial charge is 0.459 e. The van der Waals surface area contributed by atoms with E-state index in [0.29, 0.717) is 16.9 Å². The lowest BCUT2D eigenvalue weighted by Gasteiger charge is -2.16. The van der Waals surface area contributed by atoms with Crippen molar-refractivity contribution in [3.8, 4) is 11.4 Å². The fraction of sp³-hybridized carbons (Fsp3) is 0.160. The van der Waals surface area contributed by atoms with Gasteiger partial charge in [0, 0.05) is 40.9 Å². The molecule has 0 spiro atoms. The van der Waals surface area contributed by atoms with Gasteiger partial charge in [-0.25, -0.2) is 4.98 Å². The van der Waals surface area contributed by atoms with Crippen LogP contribution >= 0.6 is 0 Å². The summed E-state index contributed by atoms with van der Waals surface area (Å²) in [5, 5.41) is 5.63. The molecule has 0 atom stereocenters. The van der Waals surface area contributed by atoms with Crippen molar-refractivity contribution in [2.45, 2.75) is 25.8 Å². The van der Waals surface area contributed by atoms with Crippen LogP contribution in [0, 0.1) is 0 Å². The van der Waals surface area contributed by atoms with Gasteiger partial charge in [0.1, 0.15) is 5.82 Å². The zero-order valence-corrected chi connectivity index (χ0v) is 17.4. The predicted molar refractivity (Wildman–Crippen MR) is 122 cm³/mol. The van der Waals surface area contributed by atoms with E-state index in [-0.39, 0.29) is 17.6 Å². The van der Waals surface area contributed by atoms with Gasteiger partial charge in [-0.3, -0.25) is 9.59 Å². The quantitative estimate of drug-likeness (QED) is 0.471. The minimum Gasteiger partial charge on any atom is -0.459 e. The molecule has 0 saturated heterocycles. The van der Waals surface area contributed by atoms with E-state index in [2.05, 4.69) is 20.2 Å². The van der Waals surface area contributed by atoms with Crippen molar-refractivity contribution in [1.82, 2.24) is 9.55 Å². The first-order valence-electron chi connectivity index (χ1n) is 10.6. The molecule has 0 unspecified atom stereocenters. The number of carbonyl (C=O) groups excluding carboxylic acids is 2. The third-order valence-electron chi connectivity index (χ3n) is 5.53. The van der Waals surface area contributed by atoms with E-state index >= 15 is 0 Å². The normalized spacial score (nSPS) is 12.8. The summed E-state index contributed by atoms with van der Waals surface area (Å²) >= 11 is 0. The summed E-state index contributed by atoms with van der Waals surface area (Å²) in [7, 11) is 0. The Labute approximate surface area is 185 Å². The smallest absolute Gasteiger partial charge is 0.291 e. The van der Waals surface area contributed by atoms with Gasteiger partial charge in [-0.05, 0) is 73.9 Å². The Balaban J connectivity index is 1.27. The monoisotopic (exact) mass is 426 g/mol. The van der Waals surface area contributed by atoms with E-state index in [4.69, 9.17) is 4.42 Å². The lowest BCUT2D eigenvalue weighted by Crippen LogP contribution is -2.14. The van der Waals surface area contributed by atoms with Crippen LogP contribution in [0.1, 0.15) is 39.4 Å². The Morgan fingerprint density at radius 1 is 0.906 bits per heavy atom. The van der Waals surface area contributed by atoms with Crippen LogP contribution < -0.4 is 10.6 Å². The van der Waals surface area contributed by atoms with E-state index in [0.717, 1.165) is 24.4 Å². The van der Waals surface area contributed by atoms with Crippen LogP contribution in [0.25, 0.3) is 11.4 Å². The molecule has 1 aliphatic rings. The SMILES string of the molecule is O=C(Nc1ccc(-c2ncc3n2CCCC3)cc1)c1cccc(NC(=O)c2ccco2)c1. The highest BCUT2D eigenvalue weighted by atomic mass is 16.3. The molecule has 2 aromatic carbocycles. The van der Waals surface area contributed by atoms with Crippen LogP contribution in [0.5, 0.6) is 0 Å². The van der Waals surface area contributed by atoms with Crippen molar-refractivity contribution in [3.63, 3.8) is 0 Å². The first-order chi connectivity index (χ1) is 15.7. The molecule has 1 aliphatic heterocycles. The van der Waals surface area contributed by atoms with Crippen molar-refractivity contribution >= 4 is 23.2 Å². The maximum Gasteiger partial charge on any atom is 0.291 e. The average molecular weight is 426 g/mol. The minimum absolute atomic E-state index is 0.207. The molecule has 2 N–H and O–H groups in total. The van der Waals surface area contributed by atoms with E-state index in [1.807, 2.05) is 30.5 Å². The Bertz CT molecular complexity index is 1260. The summed E-state index contributed by atoms with van der Waals surface area (Å²) in [6, 6.07) is 17.7. The summed E-state index contributed by atoms with van der Waals surface area (Å²) in [4.78, 5) is 29.5. The van der Waals surface area contributed by atoms with Gasteiger partial charge in [0.15, 0.2) is 5.76 Å². The second-order valence-electron chi connectivity index (χ2n) is 7.73. The standard InChI is InChI=1S/C25H22N4O3/c30-24(18-5-3-6-20(15-18)28-25(31)22-8-4-14-32-22)27-19-11-9-17(10-12-19)23-26-16-21-7-1-2-13-29(21)23/h3-6,8-12,14-16H,1-2,7,13H2,(H,27,30)(H,28,31). The molecule has 0 fully saturated rings. The molecular weight excluding hydrogens is 404 g/mol. The number of furan rings is 1. The Kier molecular flexibility index (Phi) is 5.29. The molecule has 2 amide bonds. The number of benzene rings is 2. The van der Waals surface area contributed by atoms with Gasteiger partial charge >= 0.3 is 0 Å². The summed E-state index contributed by atoms with van der Waals surface area (Å²) in [5.41, 5.74) is 3.95. The number of hydrogen-bond donors (Lipinski definition) is 2. The van der Waals surface area contributed by atoms with Gasteiger partial charge in [-0.2, -0.15) is 0 Å². The number of nitrogens with one attached hydrogen (secondary N) is 2. The van der Waals surface area contributed by atoms with Gasteiger partial charge in [-0.1, -0.05) is 6.07 Å². The van der Waals surface area contributed by atoms with Gasteiger partial charge in [0.2, 0.25) is 0 Å². The van der Waals surface area contributed by atoms with Crippen molar-refractivity contribution in [2.24, 2.45) is 0 Å². The number of anilines is 2. The summed E-state index contributed by atoms with van der Waals surface area (Å²) < 4.78 is 7.37. The number of rotatable bonds is 5. The fourth-order valence-electron chi connectivity index (χ4n) is 3.91. The van der Waals surface area contributed by atoms with Gasteiger partial charge in [0.05, 0.1) is 6.26 Å².